The highest BCUT2D eigenvalue weighted by Crippen LogP contribution is 2.20. The van der Waals surface area contributed by atoms with Gasteiger partial charge in [0.05, 0.1) is 12.4 Å². The number of sulfone groups is 2. The highest BCUT2D eigenvalue weighted by atomic mass is 35.5. The fourth-order valence-corrected chi connectivity index (χ4v) is 4.03. The van der Waals surface area contributed by atoms with Crippen LogP contribution in [0.5, 0.6) is 0 Å². The number of hydrogen-bond donors (Lipinski definition) is 4. The predicted molar refractivity (Wildman–Crippen MR) is 135 cm³/mol. The molecule has 4 N–H and O–H groups in total. The zero-order valence-electron chi connectivity index (χ0n) is 19.8. The molecule has 0 aliphatic rings. The molecule has 0 saturated carbocycles. The maximum atomic E-state index is 11.5. The number of aromatic nitrogens is 4. The Hall–Kier alpha value is -2.82. The first-order valence-corrected chi connectivity index (χ1v) is 14.6. The molecule has 0 atom stereocenters. The van der Waals surface area contributed by atoms with Crippen molar-refractivity contribution < 1.29 is 26.4 Å². The molecule has 18 heteroatoms. The summed E-state index contributed by atoms with van der Waals surface area (Å²) >= 11 is 11.2. The SMILES string of the molecule is CC(=O)NCCNc1nc(Cl)ncc1S(C)(=O)=O.CC(=O)NCCNc1nc(Cl)ncc1S(C)(=O)=O. The molecule has 0 unspecified atom stereocenters. The van der Waals surface area contributed by atoms with Crippen molar-refractivity contribution >= 4 is 66.3 Å². The monoisotopic (exact) mass is 584 g/mol. The van der Waals surface area contributed by atoms with E-state index in [0.717, 1.165) is 24.9 Å². The molecule has 2 rings (SSSR count). The summed E-state index contributed by atoms with van der Waals surface area (Å²) in [5.74, 6) is -0.0765. The van der Waals surface area contributed by atoms with E-state index in [0.29, 0.717) is 26.2 Å². The Kier molecular flexibility index (Phi) is 12.2. The average Bonchev–Trinajstić information content (AvgIpc) is 2.73. The van der Waals surface area contributed by atoms with Crippen LogP contribution in [0.3, 0.4) is 0 Å². The summed E-state index contributed by atoms with van der Waals surface area (Å²) in [7, 11) is -6.87. The first-order valence-electron chi connectivity index (χ1n) is 10.0. The Morgan fingerprint density at radius 1 is 0.722 bits per heavy atom. The minimum Gasteiger partial charge on any atom is -0.367 e. The third-order valence-electron chi connectivity index (χ3n) is 3.83. The lowest BCUT2D eigenvalue weighted by Gasteiger charge is -2.09. The first kappa shape index (κ1) is 31.2. The zero-order chi connectivity index (χ0) is 27.5. The molecule has 2 amide bonds. The predicted octanol–water partition coefficient (Wildman–Crippen LogP) is 0.163. The number of carbonyl (C=O) groups is 2. The van der Waals surface area contributed by atoms with Crippen LogP contribution in [-0.4, -0.2) is 87.3 Å². The quantitative estimate of drug-likeness (QED) is 0.218. The van der Waals surface area contributed by atoms with Gasteiger partial charge in [0.1, 0.15) is 21.4 Å². The molecule has 0 bridgehead atoms. The molecule has 200 valence electrons. The summed E-state index contributed by atoms with van der Waals surface area (Å²) in [6.45, 7) is 4.14. The Labute approximate surface area is 218 Å². The van der Waals surface area contributed by atoms with Gasteiger partial charge >= 0.3 is 0 Å². The zero-order valence-corrected chi connectivity index (χ0v) is 22.9. The lowest BCUT2D eigenvalue weighted by atomic mass is 10.5. The van der Waals surface area contributed by atoms with E-state index in [1.54, 1.807) is 0 Å². The average molecular weight is 585 g/mol. The largest absolute Gasteiger partial charge is 0.367 e. The van der Waals surface area contributed by atoms with Gasteiger partial charge in [0.25, 0.3) is 0 Å². The number of rotatable bonds is 10. The number of anilines is 2. The van der Waals surface area contributed by atoms with Crippen molar-refractivity contribution in [1.29, 1.82) is 0 Å². The lowest BCUT2D eigenvalue weighted by Crippen LogP contribution is -2.26. The number of carbonyl (C=O) groups excluding carboxylic acids is 2. The van der Waals surface area contributed by atoms with Crippen LogP contribution in [-0.2, 0) is 29.3 Å². The van der Waals surface area contributed by atoms with Crippen LogP contribution >= 0.6 is 23.2 Å². The third kappa shape index (κ3) is 11.7. The number of amides is 2. The van der Waals surface area contributed by atoms with Crippen LogP contribution in [0.2, 0.25) is 10.6 Å². The van der Waals surface area contributed by atoms with Crippen molar-refractivity contribution in [2.24, 2.45) is 0 Å². The first-order chi connectivity index (χ1) is 16.6. The second kappa shape index (κ2) is 14.1. The lowest BCUT2D eigenvalue weighted by molar-refractivity contribution is -0.119. The minimum atomic E-state index is -3.44. The molecule has 2 heterocycles. The van der Waals surface area contributed by atoms with Crippen molar-refractivity contribution in [1.82, 2.24) is 30.6 Å². The van der Waals surface area contributed by atoms with E-state index in [1.165, 1.54) is 13.8 Å². The number of nitrogens with zero attached hydrogens (tertiary/aromatic N) is 4. The summed E-state index contributed by atoms with van der Waals surface area (Å²) in [6, 6.07) is 0. The van der Waals surface area contributed by atoms with Gasteiger partial charge in [0.15, 0.2) is 19.7 Å². The molecule has 14 nitrogen and oxygen atoms in total. The van der Waals surface area contributed by atoms with Gasteiger partial charge in [-0.15, -0.1) is 0 Å². The Morgan fingerprint density at radius 2 is 1.06 bits per heavy atom. The molecule has 2 aromatic heterocycles. The summed E-state index contributed by atoms with van der Waals surface area (Å²) in [6.07, 6.45) is 4.40. The van der Waals surface area contributed by atoms with E-state index in [-0.39, 0.29) is 43.8 Å². The Balaban J connectivity index is 0.000000360. The van der Waals surface area contributed by atoms with E-state index >= 15 is 0 Å². The van der Waals surface area contributed by atoms with Gasteiger partial charge in [-0.3, -0.25) is 9.59 Å². The van der Waals surface area contributed by atoms with Crippen LogP contribution in [0.25, 0.3) is 0 Å². The van der Waals surface area contributed by atoms with Gasteiger partial charge in [0.2, 0.25) is 22.4 Å². The van der Waals surface area contributed by atoms with Gasteiger partial charge in [-0.2, -0.15) is 9.97 Å². The smallest absolute Gasteiger partial charge is 0.224 e. The van der Waals surface area contributed by atoms with E-state index < -0.39 is 19.7 Å². The summed E-state index contributed by atoms with van der Waals surface area (Å²) in [4.78, 5) is 36.1. The fourth-order valence-electron chi connectivity index (χ4n) is 2.33. The molecule has 0 radical (unpaired) electrons. The Morgan fingerprint density at radius 3 is 1.33 bits per heavy atom. The van der Waals surface area contributed by atoms with E-state index in [1.807, 2.05) is 0 Å². The van der Waals surface area contributed by atoms with Crippen molar-refractivity contribution in [3.63, 3.8) is 0 Å². The number of nitrogens with one attached hydrogen (secondary N) is 4. The molecule has 0 aliphatic carbocycles. The van der Waals surface area contributed by atoms with Crippen molar-refractivity contribution in [2.75, 3.05) is 49.3 Å². The maximum Gasteiger partial charge on any atom is 0.224 e. The van der Waals surface area contributed by atoms with Crippen LogP contribution < -0.4 is 21.3 Å². The van der Waals surface area contributed by atoms with Crippen molar-refractivity contribution in [3.8, 4) is 0 Å². The fraction of sp³-hybridized carbons (Fsp3) is 0.444. The van der Waals surface area contributed by atoms with Gasteiger partial charge in [-0.05, 0) is 23.2 Å². The summed E-state index contributed by atoms with van der Waals surface area (Å²) < 4.78 is 45.9. The number of halogens is 2. The van der Waals surface area contributed by atoms with Crippen LogP contribution in [0.1, 0.15) is 13.8 Å². The molecule has 0 spiro atoms. The molecule has 2 aromatic rings. The highest BCUT2D eigenvalue weighted by molar-refractivity contribution is 7.91. The summed E-state index contributed by atoms with van der Waals surface area (Å²) in [5.41, 5.74) is 0. The second-order valence-electron chi connectivity index (χ2n) is 7.07. The van der Waals surface area contributed by atoms with Crippen molar-refractivity contribution in [2.45, 2.75) is 23.6 Å². The molecular weight excluding hydrogens is 559 g/mol. The van der Waals surface area contributed by atoms with Crippen LogP contribution in [0, 0.1) is 0 Å². The molecule has 0 aromatic carbocycles. The normalized spacial score (nSPS) is 11.1. The molecule has 36 heavy (non-hydrogen) atoms. The van der Waals surface area contributed by atoms with Crippen LogP contribution in [0.15, 0.2) is 22.2 Å². The second-order valence-corrected chi connectivity index (χ2v) is 11.7. The Bertz CT molecular complexity index is 1190. The van der Waals surface area contributed by atoms with Gasteiger partial charge < -0.3 is 21.3 Å². The molecule has 0 saturated heterocycles. The van der Waals surface area contributed by atoms with Crippen LogP contribution in [0.4, 0.5) is 11.6 Å². The van der Waals surface area contributed by atoms with Gasteiger partial charge in [-0.1, -0.05) is 0 Å². The highest BCUT2D eigenvalue weighted by Gasteiger charge is 2.16. The topological polar surface area (TPSA) is 202 Å². The van der Waals surface area contributed by atoms with Gasteiger partial charge in [0, 0.05) is 52.5 Å². The molecular formula is C18H26Cl2N8O6S2. The maximum absolute atomic E-state index is 11.5. The number of hydrogen-bond acceptors (Lipinski definition) is 12. The van der Waals surface area contributed by atoms with E-state index in [2.05, 4.69) is 41.2 Å². The third-order valence-corrected chi connectivity index (χ3v) is 6.39. The van der Waals surface area contributed by atoms with E-state index in [9.17, 15) is 26.4 Å². The van der Waals surface area contributed by atoms with Crippen molar-refractivity contribution in [3.05, 3.63) is 23.0 Å². The molecule has 0 fully saturated rings. The van der Waals surface area contributed by atoms with E-state index in [4.69, 9.17) is 23.2 Å². The minimum absolute atomic E-state index is 0.0327. The van der Waals surface area contributed by atoms with Gasteiger partial charge in [-0.25, -0.2) is 26.8 Å². The molecule has 0 aliphatic heterocycles. The summed E-state index contributed by atoms with van der Waals surface area (Å²) in [5, 5.41) is 10.6. The standard InChI is InChI=1S/2C9H13ClN4O3S/c2*1-6(15)11-3-4-12-8-7(18(2,16)17)5-13-9(10)14-8/h2*5H,3-4H2,1-2H3,(H,11,15)(H,12,13,14).